The summed E-state index contributed by atoms with van der Waals surface area (Å²) in [5.41, 5.74) is 4.66. The van der Waals surface area contributed by atoms with E-state index in [-0.39, 0.29) is 4.90 Å². The third-order valence-corrected chi connectivity index (χ3v) is 6.05. The first-order chi connectivity index (χ1) is 14.3. The van der Waals surface area contributed by atoms with Crippen LogP contribution in [0.25, 0.3) is 28.2 Å². The lowest BCUT2D eigenvalue weighted by molar-refractivity contribution is 0.602. The van der Waals surface area contributed by atoms with Gasteiger partial charge in [0.15, 0.2) is 9.84 Å². The molecule has 3 aromatic carbocycles. The van der Waals surface area contributed by atoms with Gasteiger partial charge in [0.25, 0.3) is 0 Å². The molecule has 148 valence electrons. The zero-order valence-corrected chi connectivity index (χ0v) is 17.5. The minimum atomic E-state index is -3.28. The topological polar surface area (TPSA) is 75.8 Å². The van der Waals surface area contributed by atoms with Crippen molar-refractivity contribution in [2.24, 2.45) is 0 Å². The van der Waals surface area contributed by atoms with Gasteiger partial charge in [-0.1, -0.05) is 35.9 Å². The molecule has 0 spiro atoms. The first-order valence-corrected chi connectivity index (χ1v) is 11.3. The fourth-order valence-electron chi connectivity index (χ4n) is 3.10. The fraction of sp³-hybridized carbons (Fsp3) is 0.0435. The normalized spacial score (nSPS) is 11.2. The van der Waals surface area contributed by atoms with E-state index in [0.717, 1.165) is 28.2 Å². The largest absolute Gasteiger partial charge is 0.232 e. The average Bonchev–Trinajstić information content (AvgIpc) is 3.19. The molecule has 0 aliphatic carbocycles. The van der Waals surface area contributed by atoms with Crippen LogP contribution in [0.5, 0.6) is 0 Å². The summed E-state index contributed by atoms with van der Waals surface area (Å²) in [5, 5.41) is 14.4. The standard InChI is InChI=1S/C23H16ClN3O2S/c1-30(28,29)21-12-10-20(11-13-21)27-23(18-6-8-19(24)9-7-18)14-22(26-27)17-4-2-16(15-25)3-5-17/h2-14H,1H3. The summed E-state index contributed by atoms with van der Waals surface area (Å²) in [4.78, 5) is 0.249. The van der Waals surface area contributed by atoms with Crippen LogP contribution in [0.15, 0.2) is 83.8 Å². The lowest BCUT2D eigenvalue weighted by atomic mass is 10.1. The highest BCUT2D eigenvalue weighted by atomic mass is 35.5. The number of aromatic nitrogens is 2. The Morgan fingerprint density at radius 3 is 2.07 bits per heavy atom. The van der Waals surface area contributed by atoms with Crippen molar-refractivity contribution in [3.63, 3.8) is 0 Å². The van der Waals surface area contributed by atoms with Gasteiger partial charge in [-0.15, -0.1) is 0 Å². The number of hydrogen-bond acceptors (Lipinski definition) is 4. The molecule has 4 rings (SSSR count). The van der Waals surface area contributed by atoms with Gasteiger partial charge in [-0.3, -0.25) is 0 Å². The lowest BCUT2D eigenvalue weighted by Gasteiger charge is -2.08. The average molecular weight is 434 g/mol. The van der Waals surface area contributed by atoms with Gasteiger partial charge in [-0.05, 0) is 54.6 Å². The number of sulfone groups is 1. The second-order valence-electron chi connectivity index (χ2n) is 6.79. The second kappa shape index (κ2) is 7.79. The summed E-state index contributed by atoms with van der Waals surface area (Å²) < 4.78 is 25.3. The van der Waals surface area contributed by atoms with E-state index in [1.54, 1.807) is 41.1 Å². The van der Waals surface area contributed by atoms with Crippen molar-refractivity contribution < 1.29 is 8.42 Å². The Kier molecular flexibility index (Phi) is 5.17. The van der Waals surface area contributed by atoms with E-state index in [1.807, 2.05) is 42.5 Å². The first kappa shape index (κ1) is 19.9. The molecule has 0 aliphatic rings. The summed E-state index contributed by atoms with van der Waals surface area (Å²) >= 11 is 6.04. The Bertz CT molecular complexity index is 1350. The molecule has 30 heavy (non-hydrogen) atoms. The van der Waals surface area contributed by atoms with Crippen LogP contribution in [-0.2, 0) is 9.84 Å². The lowest BCUT2D eigenvalue weighted by Crippen LogP contribution is -2.01. The molecule has 0 aliphatic heterocycles. The van der Waals surface area contributed by atoms with Crippen LogP contribution in [0, 0.1) is 11.3 Å². The van der Waals surface area contributed by atoms with Gasteiger partial charge in [0.05, 0.1) is 33.6 Å². The van der Waals surface area contributed by atoms with Crippen molar-refractivity contribution >= 4 is 21.4 Å². The minimum absolute atomic E-state index is 0.249. The quantitative estimate of drug-likeness (QED) is 0.446. The van der Waals surface area contributed by atoms with Crippen LogP contribution in [-0.4, -0.2) is 24.5 Å². The van der Waals surface area contributed by atoms with E-state index in [0.29, 0.717) is 10.6 Å². The third kappa shape index (κ3) is 3.99. The zero-order valence-electron chi connectivity index (χ0n) is 15.9. The highest BCUT2D eigenvalue weighted by Crippen LogP contribution is 2.30. The molecular formula is C23H16ClN3O2S. The summed E-state index contributed by atoms with van der Waals surface area (Å²) in [7, 11) is -3.28. The van der Waals surface area contributed by atoms with Crippen LogP contribution in [0.2, 0.25) is 5.02 Å². The highest BCUT2D eigenvalue weighted by Gasteiger charge is 2.14. The van der Waals surface area contributed by atoms with Gasteiger partial charge in [-0.2, -0.15) is 10.4 Å². The SMILES string of the molecule is CS(=O)(=O)c1ccc(-n2nc(-c3ccc(C#N)cc3)cc2-c2ccc(Cl)cc2)cc1. The Morgan fingerprint density at radius 1 is 0.900 bits per heavy atom. The molecule has 0 fully saturated rings. The van der Waals surface area contributed by atoms with Gasteiger partial charge in [0, 0.05) is 22.4 Å². The van der Waals surface area contributed by atoms with Crippen molar-refractivity contribution in [1.29, 1.82) is 5.26 Å². The zero-order chi connectivity index (χ0) is 21.3. The van der Waals surface area contributed by atoms with Crippen LogP contribution in [0.3, 0.4) is 0 Å². The number of nitriles is 1. The molecule has 0 atom stereocenters. The highest BCUT2D eigenvalue weighted by molar-refractivity contribution is 7.90. The third-order valence-electron chi connectivity index (χ3n) is 4.67. The molecule has 5 nitrogen and oxygen atoms in total. The number of nitrogens with zero attached hydrogens (tertiary/aromatic N) is 3. The first-order valence-electron chi connectivity index (χ1n) is 9.02. The summed E-state index contributed by atoms with van der Waals surface area (Å²) in [6.07, 6.45) is 1.18. The molecule has 1 heterocycles. The van der Waals surface area contributed by atoms with Gasteiger partial charge in [-0.25, -0.2) is 13.1 Å². The van der Waals surface area contributed by atoms with Crippen LogP contribution in [0.1, 0.15) is 5.56 Å². The minimum Gasteiger partial charge on any atom is -0.232 e. The Labute approximate surface area is 179 Å². The molecule has 0 saturated heterocycles. The summed E-state index contributed by atoms with van der Waals surface area (Å²) in [6, 6.07) is 25.3. The molecule has 1 aromatic heterocycles. The molecule has 4 aromatic rings. The second-order valence-corrected chi connectivity index (χ2v) is 9.24. The van der Waals surface area contributed by atoms with E-state index in [4.69, 9.17) is 22.0 Å². The smallest absolute Gasteiger partial charge is 0.175 e. The van der Waals surface area contributed by atoms with Crippen molar-refractivity contribution in [2.75, 3.05) is 6.26 Å². The predicted octanol–water partition coefficient (Wildman–Crippen LogP) is 5.13. The van der Waals surface area contributed by atoms with E-state index in [9.17, 15) is 8.42 Å². The molecule has 0 bridgehead atoms. The number of hydrogen-bond donors (Lipinski definition) is 0. The summed E-state index contributed by atoms with van der Waals surface area (Å²) in [6.45, 7) is 0. The van der Waals surface area contributed by atoms with Crippen molar-refractivity contribution in [3.05, 3.63) is 89.4 Å². The molecule has 0 unspecified atom stereocenters. The number of halogens is 1. The van der Waals surface area contributed by atoms with Gasteiger partial charge < -0.3 is 0 Å². The maximum Gasteiger partial charge on any atom is 0.175 e. The van der Waals surface area contributed by atoms with Crippen molar-refractivity contribution in [2.45, 2.75) is 4.90 Å². The summed E-state index contributed by atoms with van der Waals surface area (Å²) in [5.74, 6) is 0. The molecule has 0 N–H and O–H groups in total. The monoisotopic (exact) mass is 433 g/mol. The van der Waals surface area contributed by atoms with Gasteiger partial charge >= 0.3 is 0 Å². The van der Waals surface area contributed by atoms with Gasteiger partial charge in [0.2, 0.25) is 0 Å². The molecule has 0 radical (unpaired) electrons. The Morgan fingerprint density at radius 2 is 1.50 bits per heavy atom. The van der Waals surface area contributed by atoms with Crippen molar-refractivity contribution in [1.82, 2.24) is 9.78 Å². The van der Waals surface area contributed by atoms with Crippen molar-refractivity contribution in [3.8, 4) is 34.3 Å². The fourth-order valence-corrected chi connectivity index (χ4v) is 3.85. The number of benzene rings is 3. The Balaban J connectivity index is 1.86. The molecule has 0 amide bonds. The van der Waals surface area contributed by atoms with E-state index in [2.05, 4.69) is 6.07 Å². The molecule has 0 saturated carbocycles. The maximum absolute atomic E-state index is 11.8. The molecule has 7 heteroatoms. The van der Waals surface area contributed by atoms with Crippen LogP contribution >= 0.6 is 11.6 Å². The van der Waals surface area contributed by atoms with Gasteiger partial charge in [0.1, 0.15) is 0 Å². The Hall–Kier alpha value is -3.40. The van der Waals surface area contributed by atoms with E-state index < -0.39 is 9.84 Å². The van der Waals surface area contributed by atoms with E-state index >= 15 is 0 Å². The predicted molar refractivity (Wildman–Crippen MR) is 117 cm³/mol. The van der Waals surface area contributed by atoms with Crippen LogP contribution in [0.4, 0.5) is 0 Å². The number of rotatable bonds is 4. The van der Waals surface area contributed by atoms with E-state index in [1.165, 1.54) is 6.26 Å². The van der Waals surface area contributed by atoms with Crippen LogP contribution < -0.4 is 0 Å². The maximum atomic E-state index is 11.8. The molecular weight excluding hydrogens is 418 g/mol.